The second-order valence-corrected chi connectivity index (χ2v) is 8.55. The van der Waals surface area contributed by atoms with Crippen molar-refractivity contribution < 1.29 is 18.9 Å². The van der Waals surface area contributed by atoms with Gasteiger partial charge in [-0.2, -0.15) is 0 Å². The molecular formula is C18H24N12O4. The number of nitrogens with zero attached hydrogens (tertiary/aromatic N) is 12. The van der Waals surface area contributed by atoms with Gasteiger partial charge in [-0.05, 0) is 41.4 Å². The second-order valence-electron chi connectivity index (χ2n) is 8.55. The summed E-state index contributed by atoms with van der Waals surface area (Å²) in [4.78, 5) is 11.5. The number of hydrogen-bond acceptors (Lipinski definition) is 8. The predicted molar refractivity (Wildman–Crippen MR) is 116 cm³/mol. The molecule has 4 rings (SSSR count). The van der Waals surface area contributed by atoms with Crippen LogP contribution in [0.15, 0.2) is 32.6 Å². The number of fused-ring (bicyclic) bond motifs is 1. The Balaban J connectivity index is 1.63. The molecule has 2 aliphatic carbocycles. The van der Waals surface area contributed by atoms with E-state index in [1.807, 2.05) is 0 Å². The fraction of sp³-hybridized carbons (Fsp3) is 0.889. The molecule has 2 aliphatic heterocycles. The Kier molecular flexibility index (Phi) is 7.63. The van der Waals surface area contributed by atoms with E-state index in [2.05, 4.69) is 40.1 Å². The molecular weight excluding hydrogens is 448 g/mol. The van der Waals surface area contributed by atoms with Crippen LogP contribution in [0.25, 0.3) is 41.8 Å². The fourth-order valence-corrected chi connectivity index (χ4v) is 5.06. The van der Waals surface area contributed by atoms with Crippen LogP contribution < -0.4 is 0 Å². The highest BCUT2D eigenvalue weighted by atomic mass is 16.8. The summed E-state index contributed by atoms with van der Waals surface area (Å²) in [7, 11) is 0. The van der Waals surface area contributed by atoms with E-state index >= 15 is 0 Å². The van der Waals surface area contributed by atoms with Gasteiger partial charge >= 0.3 is 0 Å². The number of hydrogen-bond donors (Lipinski definition) is 0. The van der Waals surface area contributed by atoms with Gasteiger partial charge in [0, 0.05) is 32.5 Å². The Morgan fingerprint density at radius 2 is 1.56 bits per heavy atom. The second kappa shape index (κ2) is 10.8. The van der Waals surface area contributed by atoms with Gasteiger partial charge in [-0.25, -0.2) is 0 Å². The molecule has 34 heavy (non-hydrogen) atoms. The topological polar surface area (TPSA) is 232 Å². The standard InChI is InChI=1S/C18H24N12O4/c19-27-23-9-10-4-5-11(24-28-20)17(31-10)32-14-12(25-29-21)8-13(26-30-22)15-16(14)34-18(33-15)6-2-1-3-7-18/h4-5,10-17H,1-3,6-9H2/t10?,11?,12?,13-,14-,15?,16?,17-/m1/s1. The van der Waals surface area contributed by atoms with Crippen molar-refractivity contribution in [3.05, 3.63) is 53.9 Å². The summed E-state index contributed by atoms with van der Waals surface area (Å²) in [5, 5.41) is 15.0. The van der Waals surface area contributed by atoms with Gasteiger partial charge in [-0.15, -0.1) is 0 Å². The Morgan fingerprint density at radius 3 is 2.26 bits per heavy atom. The molecule has 16 nitrogen and oxygen atoms in total. The maximum atomic E-state index is 9.19. The molecule has 4 aliphatic rings. The molecule has 8 atom stereocenters. The SMILES string of the molecule is [N-]=[N+]=NCC1C=CC(N=[N+]=[N-])[C@@H](O[C@@H]2C(N=[N+]=[N-])C[C@@H](N=[N+]=[N-])C3OC4(CCCCC4)OC32)O1. The molecule has 1 saturated heterocycles. The van der Waals surface area contributed by atoms with E-state index in [0.717, 1.165) is 19.3 Å². The molecule has 3 fully saturated rings. The number of ether oxygens (including phenoxy) is 4. The zero-order valence-corrected chi connectivity index (χ0v) is 18.2. The minimum atomic E-state index is -1.05. The molecule has 0 N–H and O–H groups in total. The third-order valence-electron chi connectivity index (χ3n) is 6.52. The molecule has 2 saturated carbocycles. The van der Waals surface area contributed by atoms with Crippen LogP contribution in [0, 0.1) is 0 Å². The first kappa shape index (κ1) is 24.0. The quantitative estimate of drug-likeness (QED) is 0.218. The van der Waals surface area contributed by atoms with Crippen LogP contribution in [0.1, 0.15) is 38.5 Å². The summed E-state index contributed by atoms with van der Waals surface area (Å²) in [6.07, 6.45) is 4.02. The third kappa shape index (κ3) is 5.00. The van der Waals surface area contributed by atoms with Crippen LogP contribution in [0.2, 0.25) is 0 Å². The van der Waals surface area contributed by atoms with Crippen molar-refractivity contribution in [3.8, 4) is 0 Å². The highest BCUT2D eigenvalue weighted by Gasteiger charge is 2.58. The Bertz CT molecular complexity index is 975. The van der Waals surface area contributed by atoms with Gasteiger partial charge < -0.3 is 18.9 Å². The summed E-state index contributed by atoms with van der Waals surface area (Å²) < 4.78 is 25.0. The van der Waals surface area contributed by atoms with Gasteiger partial charge in [0.25, 0.3) is 0 Å². The van der Waals surface area contributed by atoms with Crippen molar-refractivity contribution >= 4 is 0 Å². The van der Waals surface area contributed by atoms with E-state index in [4.69, 9.17) is 35.5 Å². The third-order valence-corrected chi connectivity index (χ3v) is 6.52. The zero-order chi connectivity index (χ0) is 24.0. The van der Waals surface area contributed by atoms with Crippen LogP contribution in [-0.2, 0) is 18.9 Å². The van der Waals surface area contributed by atoms with E-state index in [9.17, 15) is 5.53 Å². The molecule has 1 spiro atoms. The van der Waals surface area contributed by atoms with Crippen molar-refractivity contribution in [1.82, 2.24) is 0 Å². The maximum Gasteiger partial charge on any atom is 0.170 e. The maximum absolute atomic E-state index is 9.19. The first-order chi connectivity index (χ1) is 16.6. The average Bonchev–Trinajstić information content (AvgIpc) is 3.21. The van der Waals surface area contributed by atoms with Gasteiger partial charge in [-0.3, -0.25) is 0 Å². The molecule has 0 aromatic heterocycles. The van der Waals surface area contributed by atoms with Crippen LogP contribution in [0.3, 0.4) is 0 Å². The molecule has 0 amide bonds. The first-order valence-corrected chi connectivity index (χ1v) is 11.1. The van der Waals surface area contributed by atoms with Crippen molar-refractivity contribution in [2.24, 2.45) is 20.5 Å². The Labute approximate surface area is 193 Å². The van der Waals surface area contributed by atoms with Gasteiger partial charge in [0.2, 0.25) is 0 Å². The number of rotatable bonds is 7. The molecule has 0 aromatic carbocycles. The van der Waals surface area contributed by atoms with Crippen LogP contribution >= 0.6 is 0 Å². The highest BCUT2D eigenvalue weighted by molar-refractivity contribution is 5.09. The summed E-state index contributed by atoms with van der Waals surface area (Å²) >= 11 is 0. The molecule has 2 heterocycles. The van der Waals surface area contributed by atoms with Gasteiger partial charge in [0.1, 0.15) is 12.1 Å². The van der Waals surface area contributed by atoms with E-state index < -0.39 is 54.6 Å². The van der Waals surface area contributed by atoms with E-state index in [1.54, 1.807) is 12.2 Å². The van der Waals surface area contributed by atoms with Gasteiger partial charge in [0.05, 0.1) is 36.9 Å². The lowest BCUT2D eigenvalue weighted by molar-refractivity contribution is -0.237. The van der Waals surface area contributed by atoms with Crippen molar-refractivity contribution in [2.75, 3.05) is 6.54 Å². The normalized spacial score (nSPS) is 37.9. The first-order valence-electron chi connectivity index (χ1n) is 11.1. The number of azide groups is 4. The summed E-state index contributed by atoms with van der Waals surface area (Å²) in [6, 6.07) is -2.16. The monoisotopic (exact) mass is 472 g/mol. The minimum Gasteiger partial charge on any atom is -0.345 e. The van der Waals surface area contributed by atoms with Crippen LogP contribution in [0.5, 0.6) is 0 Å². The van der Waals surface area contributed by atoms with Crippen LogP contribution in [-0.4, -0.2) is 61.2 Å². The lowest BCUT2D eigenvalue weighted by atomic mass is 9.84. The molecule has 5 unspecified atom stereocenters. The largest absolute Gasteiger partial charge is 0.345 e. The average molecular weight is 472 g/mol. The Hall–Kier alpha value is -3.18. The molecule has 180 valence electrons. The lowest BCUT2D eigenvalue weighted by Gasteiger charge is -2.41. The highest BCUT2D eigenvalue weighted by Crippen LogP contribution is 2.47. The van der Waals surface area contributed by atoms with E-state index in [1.165, 1.54) is 0 Å². The summed E-state index contributed by atoms with van der Waals surface area (Å²) in [5.74, 6) is -0.814. The van der Waals surface area contributed by atoms with Crippen molar-refractivity contribution in [1.29, 1.82) is 0 Å². The Morgan fingerprint density at radius 1 is 0.853 bits per heavy atom. The molecule has 0 aromatic rings. The van der Waals surface area contributed by atoms with Crippen molar-refractivity contribution in [3.63, 3.8) is 0 Å². The zero-order valence-electron chi connectivity index (χ0n) is 18.2. The fourth-order valence-electron chi connectivity index (χ4n) is 5.06. The summed E-state index contributed by atoms with van der Waals surface area (Å²) in [5.41, 5.74) is 35.9. The molecule has 0 bridgehead atoms. The lowest BCUT2D eigenvalue weighted by Crippen LogP contribution is -2.56. The van der Waals surface area contributed by atoms with Gasteiger partial charge in [0.15, 0.2) is 12.1 Å². The van der Waals surface area contributed by atoms with E-state index in [0.29, 0.717) is 12.8 Å². The van der Waals surface area contributed by atoms with Crippen LogP contribution in [0.4, 0.5) is 0 Å². The minimum absolute atomic E-state index is 0.0219. The predicted octanol–water partition coefficient (Wildman–Crippen LogP) is 4.85. The smallest absolute Gasteiger partial charge is 0.170 e. The van der Waals surface area contributed by atoms with E-state index in [-0.39, 0.29) is 13.0 Å². The van der Waals surface area contributed by atoms with Crippen molar-refractivity contribution in [2.45, 2.75) is 93.1 Å². The van der Waals surface area contributed by atoms with Gasteiger partial charge in [-0.1, -0.05) is 39.0 Å². The molecule has 16 heteroatoms. The summed E-state index contributed by atoms with van der Waals surface area (Å²) in [6.45, 7) is 0.0219. The molecule has 0 radical (unpaired) electrons.